The molecule has 0 bridgehead atoms. The van der Waals surface area contributed by atoms with Gasteiger partial charge >= 0.3 is 0 Å². The molecule has 0 aromatic heterocycles. The van der Waals surface area contributed by atoms with Crippen molar-refractivity contribution in [2.45, 2.75) is 57.9 Å². The molecule has 0 saturated carbocycles. The van der Waals surface area contributed by atoms with Crippen LogP contribution in [0, 0.1) is 11.3 Å². The van der Waals surface area contributed by atoms with E-state index in [1.54, 1.807) is 0 Å². The van der Waals surface area contributed by atoms with Gasteiger partial charge in [-0.25, -0.2) is 0 Å². The minimum atomic E-state index is 0.727. The van der Waals surface area contributed by atoms with Gasteiger partial charge < -0.3 is 4.90 Å². The molecule has 0 aromatic rings. The van der Waals surface area contributed by atoms with Crippen LogP contribution in [-0.4, -0.2) is 24.0 Å². The van der Waals surface area contributed by atoms with Crippen molar-refractivity contribution in [2.24, 2.45) is 0 Å². The molecule has 0 radical (unpaired) electrons. The monoisotopic (exact) mass is 194 g/mol. The number of unbranched alkanes of at least 4 members (excludes halogenated alkanes) is 2. The SMILES string of the molecule is CCC1CCCCN1CCCCC#N. The molecule has 1 atom stereocenters. The van der Waals surface area contributed by atoms with E-state index in [1.165, 1.54) is 45.2 Å². The molecule has 0 aromatic carbocycles. The van der Waals surface area contributed by atoms with Crippen molar-refractivity contribution in [1.29, 1.82) is 5.26 Å². The van der Waals surface area contributed by atoms with Crippen LogP contribution in [0.15, 0.2) is 0 Å². The Hall–Kier alpha value is -0.550. The number of hydrogen-bond donors (Lipinski definition) is 0. The van der Waals surface area contributed by atoms with Gasteiger partial charge in [0.2, 0.25) is 0 Å². The first kappa shape index (κ1) is 11.5. The summed E-state index contributed by atoms with van der Waals surface area (Å²) >= 11 is 0. The van der Waals surface area contributed by atoms with E-state index in [-0.39, 0.29) is 0 Å². The van der Waals surface area contributed by atoms with E-state index in [0.717, 1.165) is 18.9 Å². The van der Waals surface area contributed by atoms with Crippen LogP contribution in [0.4, 0.5) is 0 Å². The van der Waals surface area contributed by atoms with Gasteiger partial charge in [-0.05, 0) is 45.2 Å². The zero-order valence-corrected chi connectivity index (χ0v) is 9.34. The van der Waals surface area contributed by atoms with Gasteiger partial charge in [0, 0.05) is 12.5 Å². The van der Waals surface area contributed by atoms with E-state index in [2.05, 4.69) is 17.9 Å². The molecule has 1 fully saturated rings. The molecule has 0 amide bonds. The Morgan fingerprint density at radius 3 is 2.93 bits per heavy atom. The maximum Gasteiger partial charge on any atom is 0.0621 e. The first-order valence-electron chi connectivity index (χ1n) is 5.99. The van der Waals surface area contributed by atoms with E-state index < -0.39 is 0 Å². The maximum atomic E-state index is 8.44. The van der Waals surface area contributed by atoms with Gasteiger partial charge in [0.05, 0.1) is 6.07 Å². The minimum Gasteiger partial charge on any atom is -0.300 e. The van der Waals surface area contributed by atoms with Gasteiger partial charge in [-0.1, -0.05) is 13.3 Å². The van der Waals surface area contributed by atoms with Crippen LogP contribution >= 0.6 is 0 Å². The molecule has 2 heteroatoms. The maximum absolute atomic E-state index is 8.44. The van der Waals surface area contributed by atoms with Crippen molar-refractivity contribution >= 4 is 0 Å². The molecule has 0 aliphatic carbocycles. The first-order valence-corrected chi connectivity index (χ1v) is 5.99. The highest BCUT2D eigenvalue weighted by Crippen LogP contribution is 2.19. The molecule has 1 aliphatic rings. The van der Waals surface area contributed by atoms with Crippen LogP contribution in [0.3, 0.4) is 0 Å². The fraction of sp³-hybridized carbons (Fsp3) is 0.917. The van der Waals surface area contributed by atoms with E-state index in [0.29, 0.717) is 0 Å². The molecule has 80 valence electrons. The second-order valence-corrected chi connectivity index (χ2v) is 4.21. The molecule has 1 saturated heterocycles. The van der Waals surface area contributed by atoms with Gasteiger partial charge in [0.15, 0.2) is 0 Å². The molecule has 1 heterocycles. The van der Waals surface area contributed by atoms with Crippen molar-refractivity contribution in [3.63, 3.8) is 0 Å². The summed E-state index contributed by atoms with van der Waals surface area (Å²) in [5.74, 6) is 0. The number of piperidine rings is 1. The van der Waals surface area contributed by atoms with Crippen LogP contribution in [-0.2, 0) is 0 Å². The fourth-order valence-electron chi connectivity index (χ4n) is 2.34. The van der Waals surface area contributed by atoms with E-state index in [9.17, 15) is 0 Å². The van der Waals surface area contributed by atoms with Crippen molar-refractivity contribution in [1.82, 2.24) is 4.90 Å². The Balaban J connectivity index is 2.17. The van der Waals surface area contributed by atoms with Crippen molar-refractivity contribution in [2.75, 3.05) is 13.1 Å². The number of hydrogen-bond acceptors (Lipinski definition) is 2. The third kappa shape index (κ3) is 3.67. The molecule has 1 aliphatic heterocycles. The lowest BCUT2D eigenvalue weighted by atomic mass is 9.99. The summed E-state index contributed by atoms with van der Waals surface area (Å²) in [6.07, 6.45) is 8.45. The Labute approximate surface area is 87.9 Å². The largest absolute Gasteiger partial charge is 0.300 e. The van der Waals surface area contributed by atoms with Crippen LogP contribution in [0.25, 0.3) is 0 Å². The van der Waals surface area contributed by atoms with Gasteiger partial charge in [0.25, 0.3) is 0 Å². The first-order chi connectivity index (χ1) is 6.88. The van der Waals surface area contributed by atoms with Crippen LogP contribution < -0.4 is 0 Å². The molecular formula is C12H22N2. The standard InChI is InChI=1S/C12H22N2/c1-2-12-8-4-7-11-14(12)10-6-3-5-9-13/h12H,2-8,10-11H2,1H3. The second-order valence-electron chi connectivity index (χ2n) is 4.21. The summed E-state index contributed by atoms with van der Waals surface area (Å²) < 4.78 is 0. The highest BCUT2D eigenvalue weighted by molar-refractivity contribution is 4.76. The Morgan fingerprint density at radius 2 is 2.21 bits per heavy atom. The quantitative estimate of drug-likeness (QED) is 0.629. The van der Waals surface area contributed by atoms with Gasteiger partial charge in [-0.3, -0.25) is 0 Å². The van der Waals surface area contributed by atoms with Crippen LogP contribution in [0.1, 0.15) is 51.9 Å². The lowest BCUT2D eigenvalue weighted by Gasteiger charge is -2.35. The smallest absolute Gasteiger partial charge is 0.0621 e. The molecule has 2 nitrogen and oxygen atoms in total. The third-order valence-electron chi connectivity index (χ3n) is 3.20. The van der Waals surface area contributed by atoms with E-state index in [4.69, 9.17) is 5.26 Å². The summed E-state index contributed by atoms with van der Waals surface area (Å²) in [7, 11) is 0. The van der Waals surface area contributed by atoms with E-state index >= 15 is 0 Å². The number of nitrogens with zero attached hydrogens (tertiary/aromatic N) is 2. The summed E-state index contributed by atoms with van der Waals surface area (Å²) in [4.78, 5) is 2.63. The molecule has 0 spiro atoms. The minimum absolute atomic E-state index is 0.727. The van der Waals surface area contributed by atoms with Crippen LogP contribution in [0.2, 0.25) is 0 Å². The summed E-state index contributed by atoms with van der Waals surface area (Å²) in [5.41, 5.74) is 0. The summed E-state index contributed by atoms with van der Waals surface area (Å²) in [5, 5.41) is 8.44. The molecule has 1 rings (SSSR count). The molecule has 0 N–H and O–H groups in total. The number of nitriles is 1. The van der Waals surface area contributed by atoms with E-state index in [1.807, 2.05) is 0 Å². The van der Waals surface area contributed by atoms with Gasteiger partial charge in [-0.15, -0.1) is 0 Å². The normalized spacial score (nSPS) is 23.3. The number of rotatable bonds is 5. The van der Waals surface area contributed by atoms with Crippen molar-refractivity contribution in [3.05, 3.63) is 0 Å². The topological polar surface area (TPSA) is 27.0 Å². The molecule has 1 unspecified atom stereocenters. The lowest BCUT2D eigenvalue weighted by molar-refractivity contribution is 0.142. The fourth-order valence-corrected chi connectivity index (χ4v) is 2.34. The predicted molar refractivity (Wildman–Crippen MR) is 59.0 cm³/mol. The van der Waals surface area contributed by atoms with Crippen molar-refractivity contribution < 1.29 is 0 Å². The average molecular weight is 194 g/mol. The van der Waals surface area contributed by atoms with Crippen LogP contribution in [0.5, 0.6) is 0 Å². The Kier molecular flexibility index (Phi) is 5.63. The zero-order valence-electron chi connectivity index (χ0n) is 9.34. The highest BCUT2D eigenvalue weighted by atomic mass is 15.2. The Morgan fingerprint density at radius 1 is 1.36 bits per heavy atom. The summed E-state index contributed by atoms with van der Waals surface area (Å²) in [6, 6.07) is 3.04. The third-order valence-corrected chi connectivity index (χ3v) is 3.20. The Bertz CT molecular complexity index is 183. The summed E-state index contributed by atoms with van der Waals surface area (Å²) in [6.45, 7) is 4.78. The lowest BCUT2D eigenvalue weighted by Crippen LogP contribution is -2.39. The van der Waals surface area contributed by atoms with Gasteiger partial charge in [-0.2, -0.15) is 5.26 Å². The highest BCUT2D eigenvalue weighted by Gasteiger charge is 2.19. The number of likely N-dealkylation sites (tertiary alicyclic amines) is 1. The van der Waals surface area contributed by atoms with Crippen molar-refractivity contribution in [3.8, 4) is 6.07 Å². The molecular weight excluding hydrogens is 172 g/mol. The average Bonchev–Trinajstić information content (AvgIpc) is 2.25. The zero-order chi connectivity index (χ0) is 10.2. The predicted octanol–water partition coefficient (Wildman–Crippen LogP) is 2.94. The van der Waals surface area contributed by atoms with Gasteiger partial charge in [0.1, 0.15) is 0 Å². The molecule has 14 heavy (non-hydrogen) atoms. The second kappa shape index (κ2) is 6.84.